The summed E-state index contributed by atoms with van der Waals surface area (Å²) in [7, 11) is 0. The lowest BCUT2D eigenvalue weighted by Gasteiger charge is -2.14. The van der Waals surface area contributed by atoms with Crippen LogP contribution in [0.25, 0.3) is 0 Å². The standard InChI is InChI=1S/C19H21N7OS/c1-11-6-15(4-5-21-11)25-16-9-22-18(7-14(16)8-20)26-19(27)23-12(2)17-10-28-13(3)24-17/h4-10,12,20H,1-3H3,(H,21,25)(H2,22,23,26,27). The van der Waals surface area contributed by atoms with Crippen molar-refractivity contribution >= 4 is 40.8 Å². The third-order valence-electron chi connectivity index (χ3n) is 3.94. The molecule has 144 valence electrons. The summed E-state index contributed by atoms with van der Waals surface area (Å²) in [5.41, 5.74) is 3.82. The third kappa shape index (κ3) is 4.89. The van der Waals surface area contributed by atoms with Gasteiger partial charge in [0.2, 0.25) is 0 Å². The number of aromatic nitrogens is 3. The molecule has 28 heavy (non-hydrogen) atoms. The molecule has 1 atom stereocenters. The van der Waals surface area contributed by atoms with Gasteiger partial charge in [-0.05, 0) is 39.0 Å². The van der Waals surface area contributed by atoms with Gasteiger partial charge in [0.25, 0.3) is 0 Å². The molecule has 0 spiro atoms. The molecule has 3 rings (SSSR count). The van der Waals surface area contributed by atoms with Crippen LogP contribution >= 0.6 is 11.3 Å². The second-order valence-corrected chi connectivity index (χ2v) is 7.29. The molecule has 0 aromatic carbocycles. The number of aryl methyl sites for hydroxylation is 2. The number of anilines is 3. The van der Waals surface area contributed by atoms with Crippen LogP contribution in [-0.4, -0.2) is 27.2 Å². The Kier molecular flexibility index (Phi) is 5.95. The number of thiazole rings is 1. The second-order valence-electron chi connectivity index (χ2n) is 6.22. The van der Waals surface area contributed by atoms with E-state index in [1.54, 1.807) is 29.8 Å². The Morgan fingerprint density at radius 3 is 2.79 bits per heavy atom. The molecule has 8 nitrogen and oxygen atoms in total. The topological polar surface area (TPSA) is 116 Å². The van der Waals surface area contributed by atoms with Gasteiger partial charge >= 0.3 is 6.03 Å². The Hall–Kier alpha value is -3.33. The Morgan fingerprint density at radius 1 is 1.29 bits per heavy atom. The summed E-state index contributed by atoms with van der Waals surface area (Å²) in [6, 6.07) is 4.77. The molecule has 3 aromatic heterocycles. The van der Waals surface area contributed by atoms with Crippen LogP contribution < -0.4 is 16.0 Å². The minimum absolute atomic E-state index is 0.219. The van der Waals surface area contributed by atoms with Crippen LogP contribution in [0.3, 0.4) is 0 Å². The number of carbonyl (C=O) groups is 1. The second kappa shape index (κ2) is 8.57. The maximum absolute atomic E-state index is 12.2. The summed E-state index contributed by atoms with van der Waals surface area (Å²) in [5, 5.41) is 19.3. The molecule has 0 saturated heterocycles. The fourth-order valence-electron chi connectivity index (χ4n) is 2.54. The summed E-state index contributed by atoms with van der Waals surface area (Å²) < 4.78 is 0. The van der Waals surface area contributed by atoms with E-state index in [-0.39, 0.29) is 12.1 Å². The van der Waals surface area contributed by atoms with Crippen LogP contribution in [0, 0.1) is 19.3 Å². The summed E-state index contributed by atoms with van der Waals surface area (Å²) >= 11 is 1.54. The highest BCUT2D eigenvalue weighted by Gasteiger charge is 2.13. The Bertz CT molecular complexity index is 1000. The van der Waals surface area contributed by atoms with Gasteiger partial charge in [-0.1, -0.05) is 0 Å². The molecule has 0 fully saturated rings. The predicted molar refractivity (Wildman–Crippen MR) is 112 cm³/mol. The number of urea groups is 1. The van der Waals surface area contributed by atoms with Crippen molar-refractivity contribution in [3.63, 3.8) is 0 Å². The van der Waals surface area contributed by atoms with Crippen molar-refractivity contribution < 1.29 is 4.79 Å². The first-order valence-electron chi connectivity index (χ1n) is 8.64. The zero-order valence-electron chi connectivity index (χ0n) is 15.8. The van der Waals surface area contributed by atoms with Crippen LogP contribution in [0.1, 0.15) is 34.9 Å². The van der Waals surface area contributed by atoms with Gasteiger partial charge < -0.3 is 16.0 Å². The highest BCUT2D eigenvalue weighted by Crippen LogP contribution is 2.22. The predicted octanol–water partition coefficient (Wildman–Crippen LogP) is 4.17. The molecule has 0 saturated carbocycles. The van der Waals surface area contributed by atoms with Gasteiger partial charge in [-0.25, -0.2) is 14.8 Å². The van der Waals surface area contributed by atoms with Gasteiger partial charge in [0, 0.05) is 34.7 Å². The van der Waals surface area contributed by atoms with E-state index >= 15 is 0 Å². The molecule has 0 aliphatic rings. The van der Waals surface area contributed by atoms with Crippen molar-refractivity contribution in [1.29, 1.82) is 5.41 Å². The zero-order chi connectivity index (χ0) is 20.1. The average Bonchev–Trinajstić information content (AvgIpc) is 3.09. The highest BCUT2D eigenvalue weighted by atomic mass is 32.1. The third-order valence-corrected chi connectivity index (χ3v) is 4.73. The summed E-state index contributed by atoms with van der Waals surface area (Å²) in [6.07, 6.45) is 4.50. The lowest BCUT2D eigenvalue weighted by Crippen LogP contribution is -2.31. The number of carbonyl (C=O) groups excluding carboxylic acids is 1. The molecule has 3 aromatic rings. The molecule has 0 bridgehead atoms. The molecule has 3 heterocycles. The van der Waals surface area contributed by atoms with Crippen molar-refractivity contribution in [3.05, 3.63) is 57.9 Å². The van der Waals surface area contributed by atoms with Crippen molar-refractivity contribution in [1.82, 2.24) is 20.3 Å². The molecule has 0 aliphatic heterocycles. The Morgan fingerprint density at radius 2 is 2.11 bits per heavy atom. The van der Waals surface area contributed by atoms with Gasteiger partial charge in [0.1, 0.15) is 5.82 Å². The van der Waals surface area contributed by atoms with Crippen LogP contribution in [0.2, 0.25) is 0 Å². The fraction of sp³-hybridized carbons (Fsp3) is 0.211. The van der Waals surface area contributed by atoms with E-state index in [0.29, 0.717) is 17.1 Å². The van der Waals surface area contributed by atoms with Crippen LogP contribution in [0.15, 0.2) is 36.0 Å². The van der Waals surface area contributed by atoms with E-state index in [9.17, 15) is 4.79 Å². The van der Waals surface area contributed by atoms with Crippen molar-refractivity contribution in [2.24, 2.45) is 0 Å². The molecule has 0 radical (unpaired) electrons. The van der Waals surface area contributed by atoms with Crippen molar-refractivity contribution in [3.8, 4) is 0 Å². The molecular weight excluding hydrogens is 374 g/mol. The first-order valence-corrected chi connectivity index (χ1v) is 9.52. The number of rotatable bonds is 6. The number of nitrogens with one attached hydrogen (secondary N) is 4. The summed E-state index contributed by atoms with van der Waals surface area (Å²) in [5.74, 6) is 0.356. The summed E-state index contributed by atoms with van der Waals surface area (Å²) in [4.78, 5) is 25.0. The molecular formula is C19H21N7OS. The van der Waals surface area contributed by atoms with Crippen LogP contribution in [0.4, 0.5) is 22.0 Å². The Labute approximate surface area is 167 Å². The molecule has 1 unspecified atom stereocenters. The maximum atomic E-state index is 12.2. The van der Waals surface area contributed by atoms with E-state index in [1.165, 1.54) is 6.21 Å². The minimum atomic E-state index is -0.382. The SMILES string of the molecule is Cc1cc(Nc2cnc(NC(=O)NC(C)c3csc(C)n3)cc2C=N)ccn1. The summed E-state index contributed by atoms with van der Waals surface area (Å²) in [6.45, 7) is 5.70. The van der Waals surface area contributed by atoms with Crippen molar-refractivity contribution in [2.45, 2.75) is 26.8 Å². The number of hydrogen-bond donors (Lipinski definition) is 4. The molecule has 2 amide bonds. The minimum Gasteiger partial charge on any atom is -0.354 e. The van der Waals surface area contributed by atoms with Crippen LogP contribution in [-0.2, 0) is 0 Å². The smallest absolute Gasteiger partial charge is 0.320 e. The average molecular weight is 395 g/mol. The monoisotopic (exact) mass is 395 g/mol. The molecule has 0 aliphatic carbocycles. The molecule has 9 heteroatoms. The van der Waals surface area contributed by atoms with E-state index in [2.05, 4.69) is 30.9 Å². The van der Waals surface area contributed by atoms with Crippen molar-refractivity contribution in [2.75, 3.05) is 10.6 Å². The quantitative estimate of drug-likeness (QED) is 0.467. The first kappa shape index (κ1) is 19.4. The Balaban J connectivity index is 1.67. The van der Waals surface area contributed by atoms with Crippen LogP contribution in [0.5, 0.6) is 0 Å². The van der Waals surface area contributed by atoms with Gasteiger partial charge in [0.05, 0.1) is 28.6 Å². The number of pyridine rings is 2. The maximum Gasteiger partial charge on any atom is 0.320 e. The van der Waals surface area contributed by atoms with Gasteiger partial charge in [0.15, 0.2) is 0 Å². The highest BCUT2D eigenvalue weighted by molar-refractivity contribution is 7.09. The lowest BCUT2D eigenvalue weighted by atomic mass is 10.2. The normalized spacial score (nSPS) is 11.5. The van der Waals surface area contributed by atoms with Gasteiger partial charge in [-0.3, -0.25) is 10.3 Å². The first-order chi connectivity index (χ1) is 13.4. The number of amides is 2. The molecule has 4 N–H and O–H groups in total. The van der Waals surface area contributed by atoms with Gasteiger partial charge in [-0.2, -0.15) is 0 Å². The zero-order valence-corrected chi connectivity index (χ0v) is 16.6. The van der Waals surface area contributed by atoms with Gasteiger partial charge in [-0.15, -0.1) is 11.3 Å². The van der Waals surface area contributed by atoms with E-state index in [4.69, 9.17) is 5.41 Å². The lowest BCUT2D eigenvalue weighted by molar-refractivity contribution is 0.249. The van der Waals surface area contributed by atoms with E-state index in [0.717, 1.165) is 22.1 Å². The van der Waals surface area contributed by atoms with E-state index < -0.39 is 0 Å². The largest absolute Gasteiger partial charge is 0.354 e. The van der Waals surface area contributed by atoms with E-state index in [1.807, 2.05) is 38.3 Å². The fourth-order valence-corrected chi connectivity index (χ4v) is 3.25. The number of hydrogen-bond acceptors (Lipinski definition) is 7. The number of nitrogens with zero attached hydrogens (tertiary/aromatic N) is 3.